The van der Waals surface area contributed by atoms with Crippen LogP contribution in [0.5, 0.6) is 0 Å². The van der Waals surface area contributed by atoms with Crippen LogP contribution < -0.4 is 10.6 Å². The minimum Gasteiger partial charge on any atom is -0.394 e. The lowest BCUT2D eigenvalue weighted by Gasteiger charge is -2.20. The zero-order chi connectivity index (χ0) is 14.7. The molecular formula is C14H14ClN5. The van der Waals surface area contributed by atoms with Gasteiger partial charge in [-0.15, -0.1) is 0 Å². The van der Waals surface area contributed by atoms with Gasteiger partial charge in [0.15, 0.2) is 5.82 Å². The van der Waals surface area contributed by atoms with Crippen molar-refractivity contribution in [1.82, 2.24) is 9.97 Å². The first-order valence-corrected chi connectivity index (χ1v) is 6.39. The van der Waals surface area contributed by atoms with Crippen LogP contribution in [-0.4, -0.2) is 17.0 Å². The molecule has 0 aliphatic rings. The molecule has 20 heavy (non-hydrogen) atoms. The van der Waals surface area contributed by atoms with Gasteiger partial charge in [-0.25, -0.2) is 4.98 Å². The van der Waals surface area contributed by atoms with Gasteiger partial charge in [-0.05, 0) is 36.2 Å². The fourth-order valence-corrected chi connectivity index (χ4v) is 2.12. The number of hydrogen-bond donors (Lipinski definition) is 1. The summed E-state index contributed by atoms with van der Waals surface area (Å²) in [5.74, 6) is 0.588. The highest BCUT2D eigenvalue weighted by Gasteiger charge is 2.12. The van der Waals surface area contributed by atoms with Crippen molar-refractivity contribution in [3.8, 4) is 6.07 Å². The van der Waals surface area contributed by atoms with Crippen molar-refractivity contribution in [2.24, 2.45) is 0 Å². The highest BCUT2D eigenvalue weighted by atomic mass is 35.5. The Labute approximate surface area is 122 Å². The van der Waals surface area contributed by atoms with Crippen LogP contribution in [0.25, 0.3) is 0 Å². The van der Waals surface area contributed by atoms with Crippen molar-refractivity contribution in [2.45, 2.75) is 13.5 Å². The third kappa shape index (κ3) is 2.98. The zero-order valence-corrected chi connectivity index (χ0v) is 12.0. The van der Waals surface area contributed by atoms with E-state index >= 15 is 0 Å². The van der Waals surface area contributed by atoms with Crippen LogP contribution in [0.4, 0.5) is 11.5 Å². The number of nitrogens with zero attached hydrogens (tertiary/aromatic N) is 4. The second kappa shape index (κ2) is 5.76. The number of nitriles is 1. The van der Waals surface area contributed by atoms with E-state index in [9.17, 15) is 0 Å². The Bertz CT molecular complexity index is 678. The molecule has 5 nitrogen and oxygen atoms in total. The average Bonchev–Trinajstić information content (AvgIpc) is 2.43. The molecule has 0 aliphatic heterocycles. The Morgan fingerprint density at radius 3 is 2.85 bits per heavy atom. The summed E-state index contributed by atoms with van der Waals surface area (Å²) in [6, 6.07) is 9.52. The van der Waals surface area contributed by atoms with E-state index in [2.05, 4.69) is 16.0 Å². The molecule has 0 aliphatic carbocycles. The summed E-state index contributed by atoms with van der Waals surface area (Å²) in [6.45, 7) is 2.36. The Morgan fingerprint density at radius 1 is 1.40 bits per heavy atom. The summed E-state index contributed by atoms with van der Waals surface area (Å²) < 4.78 is 0. The van der Waals surface area contributed by atoms with Crippen molar-refractivity contribution in [3.63, 3.8) is 0 Å². The lowest BCUT2D eigenvalue weighted by atomic mass is 10.1. The molecule has 0 atom stereocenters. The van der Waals surface area contributed by atoms with Gasteiger partial charge in [-0.2, -0.15) is 10.2 Å². The van der Waals surface area contributed by atoms with Crippen molar-refractivity contribution in [1.29, 1.82) is 5.26 Å². The monoisotopic (exact) mass is 287 g/mol. The Hall–Kier alpha value is -2.32. The standard InChI is InChI=1S/C14H14ClN5/c1-9-12(17)13(19-14(15)18-9)20(2)8-11-5-3-4-10(6-11)7-16/h3-6H,8,17H2,1-2H3. The summed E-state index contributed by atoms with van der Waals surface area (Å²) in [4.78, 5) is 10.1. The van der Waals surface area contributed by atoms with Crippen LogP contribution in [0.15, 0.2) is 24.3 Å². The minimum absolute atomic E-state index is 0.171. The number of aryl methyl sites for hydroxylation is 1. The van der Waals surface area contributed by atoms with Gasteiger partial charge in [0.1, 0.15) is 0 Å². The summed E-state index contributed by atoms with van der Waals surface area (Å²) in [5.41, 5.74) is 8.77. The lowest BCUT2D eigenvalue weighted by Crippen LogP contribution is -2.20. The molecule has 2 aromatic rings. The van der Waals surface area contributed by atoms with Crippen molar-refractivity contribution in [3.05, 3.63) is 46.4 Å². The van der Waals surface area contributed by atoms with Gasteiger partial charge in [0.25, 0.3) is 0 Å². The third-order valence-electron chi connectivity index (χ3n) is 2.93. The van der Waals surface area contributed by atoms with Crippen molar-refractivity contribution < 1.29 is 0 Å². The Kier molecular flexibility index (Phi) is 4.06. The first-order chi connectivity index (χ1) is 9.51. The molecule has 0 unspecified atom stereocenters. The highest BCUT2D eigenvalue weighted by Crippen LogP contribution is 2.25. The van der Waals surface area contributed by atoms with Crippen LogP contribution in [0.1, 0.15) is 16.8 Å². The second-order valence-corrected chi connectivity index (χ2v) is 4.82. The highest BCUT2D eigenvalue weighted by molar-refractivity contribution is 6.28. The van der Waals surface area contributed by atoms with Crippen LogP contribution in [0.2, 0.25) is 5.28 Å². The normalized spacial score (nSPS) is 10.1. The van der Waals surface area contributed by atoms with Crippen molar-refractivity contribution in [2.75, 3.05) is 17.7 Å². The van der Waals surface area contributed by atoms with Gasteiger partial charge < -0.3 is 10.6 Å². The maximum absolute atomic E-state index is 8.91. The van der Waals surface area contributed by atoms with E-state index in [-0.39, 0.29) is 5.28 Å². The Balaban J connectivity index is 2.28. The molecule has 1 aromatic carbocycles. The molecule has 2 rings (SSSR count). The predicted molar refractivity (Wildman–Crippen MR) is 79.5 cm³/mol. The molecule has 0 saturated carbocycles. The van der Waals surface area contributed by atoms with Gasteiger partial charge in [-0.3, -0.25) is 0 Å². The van der Waals surface area contributed by atoms with E-state index in [1.165, 1.54) is 0 Å². The molecule has 0 saturated heterocycles. The van der Waals surface area contributed by atoms with Gasteiger partial charge >= 0.3 is 0 Å². The molecule has 1 aromatic heterocycles. The van der Waals surface area contributed by atoms with Gasteiger partial charge in [0.2, 0.25) is 5.28 Å². The predicted octanol–water partition coefficient (Wildman–Crippen LogP) is 2.53. The quantitative estimate of drug-likeness (QED) is 0.878. The summed E-state index contributed by atoms with van der Waals surface area (Å²) >= 11 is 5.87. The van der Waals surface area contributed by atoms with E-state index in [0.29, 0.717) is 29.3 Å². The molecule has 0 spiro atoms. The molecule has 102 valence electrons. The number of aromatic nitrogens is 2. The number of anilines is 2. The number of nitrogen functional groups attached to an aromatic ring is 1. The zero-order valence-electron chi connectivity index (χ0n) is 11.3. The van der Waals surface area contributed by atoms with Gasteiger partial charge in [0.05, 0.1) is 23.0 Å². The van der Waals surface area contributed by atoms with Gasteiger partial charge in [-0.1, -0.05) is 12.1 Å². The van der Waals surface area contributed by atoms with E-state index < -0.39 is 0 Å². The van der Waals surface area contributed by atoms with Gasteiger partial charge in [0, 0.05) is 13.6 Å². The summed E-state index contributed by atoms with van der Waals surface area (Å²) in [6.07, 6.45) is 0. The largest absolute Gasteiger partial charge is 0.394 e. The van der Waals surface area contributed by atoms with Crippen LogP contribution in [0.3, 0.4) is 0 Å². The average molecular weight is 288 g/mol. The molecule has 0 bridgehead atoms. The first kappa shape index (κ1) is 14.1. The summed E-state index contributed by atoms with van der Waals surface area (Å²) in [5, 5.41) is 9.08. The number of benzene rings is 1. The van der Waals surface area contributed by atoms with Crippen LogP contribution >= 0.6 is 11.6 Å². The smallest absolute Gasteiger partial charge is 0.224 e. The maximum atomic E-state index is 8.91. The molecule has 1 heterocycles. The van der Waals surface area contributed by atoms with E-state index in [1.54, 1.807) is 13.0 Å². The van der Waals surface area contributed by atoms with Crippen LogP contribution in [0, 0.1) is 18.3 Å². The topological polar surface area (TPSA) is 78.8 Å². The summed E-state index contributed by atoms with van der Waals surface area (Å²) in [7, 11) is 1.87. The lowest BCUT2D eigenvalue weighted by molar-refractivity contribution is 0.889. The molecule has 6 heteroatoms. The molecular weight excluding hydrogens is 274 g/mol. The molecule has 0 fully saturated rings. The molecule has 0 amide bonds. The number of hydrogen-bond acceptors (Lipinski definition) is 5. The van der Waals surface area contributed by atoms with Crippen molar-refractivity contribution >= 4 is 23.1 Å². The van der Waals surface area contributed by atoms with E-state index in [1.807, 2.05) is 30.1 Å². The van der Waals surface area contributed by atoms with E-state index in [4.69, 9.17) is 22.6 Å². The second-order valence-electron chi connectivity index (χ2n) is 4.48. The number of halogens is 1. The fourth-order valence-electron chi connectivity index (χ4n) is 1.91. The molecule has 2 N–H and O–H groups in total. The SMILES string of the molecule is Cc1nc(Cl)nc(N(C)Cc2cccc(C#N)c2)c1N. The number of rotatable bonds is 3. The van der Waals surface area contributed by atoms with E-state index in [0.717, 1.165) is 5.56 Å². The Morgan fingerprint density at radius 2 is 2.15 bits per heavy atom. The fraction of sp³-hybridized carbons (Fsp3) is 0.214. The first-order valence-electron chi connectivity index (χ1n) is 6.01. The third-order valence-corrected chi connectivity index (χ3v) is 3.10. The minimum atomic E-state index is 0.171. The number of nitrogens with two attached hydrogens (primary N) is 1. The maximum Gasteiger partial charge on any atom is 0.224 e. The van der Waals surface area contributed by atoms with Crippen LogP contribution in [-0.2, 0) is 6.54 Å². The molecule has 0 radical (unpaired) electrons.